The van der Waals surface area contributed by atoms with Gasteiger partial charge in [-0.25, -0.2) is 4.98 Å². The van der Waals surface area contributed by atoms with E-state index in [1.54, 1.807) is 12.1 Å². The van der Waals surface area contributed by atoms with Gasteiger partial charge in [0.1, 0.15) is 11.9 Å². The van der Waals surface area contributed by atoms with E-state index in [9.17, 15) is 19.2 Å². The lowest BCUT2D eigenvalue weighted by molar-refractivity contribution is -0.136. The van der Waals surface area contributed by atoms with Crippen molar-refractivity contribution in [1.82, 2.24) is 20.1 Å². The van der Waals surface area contributed by atoms with Crippen molar-refractivity contribution >= 4 is 29.4 Å². The average Bonchev–Trinajstić information content (AvgIpc) is 3.04. The first-order chi connectivity index (χ1) is 15.9. The summed E-state index contributed by atoms with van der Waals surface area (Å²) >= 11 is 0. The van der Waals surface area contributed by atoms with Crippen molar-refractivity contribution in [3.05, 3.63) is 58.8 Å². The van der Waals surface area contributed by atoms with Gasteiger partial charge in [-0.05, 0) is 43.2 Å². The summed E-state index contributed by atoms with van der Waals surface area (Å²) in [6.07, 6.45) is 0.266. The number of hydrogen-bond acceptors (Lipinski definition) is 7. The third-order valence-electron chi connectivity index (χ3n) is 6.48. The minimum absolute atomic E-state index is 0.110. The van der Waals surface area contributed by atoms with Crippen molar-refractivity contribution in [3.63, 3.8) is 0 Å². The number of benzene rings is 1. The van der Waals surface area contributed by atoms with Gasteiger partial charge in [0.05, 0.1) is 11.1 Å². The molecule has 1 atom stereocenters. The number of imide groups is 2. The number of anilines is 1. The van der Waals surface area contributed by atoms with Gasteiger partial charge < -0.3 is 4.90 Å². The summed E-state index contributed by atoms with van der Waals surface area (Å²) in [4.78, 5) is 59.7. The molecule has 3 aliphatic rings. The molecular formula is C24H25N5O4. The van der Waals surface area contributed by atoms with Crippen LogP contribution in [0.5, 0.6) is 0 Å². The molecule has 0 saturated carbocycles. The molecule has 33 heavy (non-hydrogen) atoms. The Labute approximate surface area is 191 Å². The standard InChI is InChI=1S/C24H25N5O4/c1-15-3-2-4-20(25-15)28-11-9-27(10-12-28)14-16-5-6-17-18(13-16)24(33)29(23(17)32)19-7-8-21(30)26-22(19)31/h2-6,13,19H,7-12,14H2,1H3,(H,26,30,31). The molecule has 1 N–H and O–H groups in total. The first kappa shape index (κ1) is 21.3. The largest absolute Gasteiger partial charge is 0.354 e. The van der Waals surface area contributed by atoms with Gasteiger partial charge in [-0.3, -0.25) is 34.3 Å². The zero-order chi connectivity index (χ0) is 23.1. The van der Waals surface area contributed by atoms with Gasteiger partial charge in [0.2, 0.25) is 11.8 Å². The average molecular weight is 447 g/mol. The molecule has 9 heteroatoms. The molecule has 0 radical (unpaired) electrons. The quantitative estimate of drug-likeness (QED) is 0.701. The summed E-state index contributed by atoms with van der Waals surface area (Å²) in [7, 11) is 0. The molecule has 2 aromatic rings. The monoisotopic (exact) mass is 447 g/mol. The number of amides is 4. The highest BCUT2D eigenvalue weighted by atomic mass is 16.2. The maximum Gasteiger partial charge on any atom is 0.262 e. The summed E-state index contributed by atoms with van der Waals surface area (Å²) in [6.45, 7) is 6.11. The molecule has 170 valence electrons. The summed E-state index contributed by atoms with van der Waals surface area (Å²) in [5.74, 6) is -0.933. The molecular weight excluding hydrogens is 422 g/mol. The minimum atomic E-state index is -0.943. The van der Waals surface area contributed by atoms with E-state index in [0.717, 1.165) is 48.2 Å². The molecule has 1 aromatic carbocycles. The van der Waals surface area contributed by atoms with Crippen LogP contribution in [0.2, 0.25) is 0 Å². The lowest BCUT2D eigenvalue weighted by atomic mass is 10.0. The predicted molar refractivity (Wildman–Crippen MR) is 120 cm³/mol. The van der Waals surface area contributed by atoms with E-state index in [0.29, 0.717) is 17.7 Å². The molecule has 4 heterocycles. The highest BCUT2D eigenvalue weighted by molar-refractivity contribution is 6.23. The Morgan fingerprint density at radius 2 is 1.73 bits per heavy atom. The maximum atomic E-state index is 13.0. The summed E-state index contributed by atoms with van der Waals surface area (Å²) in [5.41, 5.74) is 2.58. The number of rotatable bonds is 4. The zero-order valence-corrected chi connectivity index (χ0v) is 18.4. The van der Waals surface area contributed by atoms with Crippen LogP contribution >= 0.6 is 0 Å². The first-order valence-electron chi connectivity index (χ1n) is 11.2. The summed E-state index contributed by atoms with van der Waals surface area (Å²) in [5, 5.41) is 2.22. The van der Waals surface area contributed by atoms with Gasteiger partial charge in [-0.1, -0.05) is 12.1 Å². The second kappa shape index (κ2) is 8.40. The van der Waals surface area contributed by atoms with Crippen LogP contribution in [0, 0.1) is 6.92 Å². The number of carbonyl (C=O) groups is 4. The molecule has 3 aliphatic heterocycles. The molecule has 2 saturated heterocycles. The van der Waals surface area contributed by atoms with Crippen LogP contribution in [-0.4, -0.2) is 70.6 Å². The fourth-order valence-corrected chi connectivity index (χ4v) is 4.71. The van der Waals surface area contributed by atoms with Gasteiger partial charge in [0.25, 0.3) is 11.8 Å². The van der Waals surface area contributed by atoms with Crippen LogP contribution in [0.3, 0.4) is 0 Å². The zero-order valence-electron chi connectivity index (χ0n) is 18.4. The molecule has 1 aromatic heterocycles. The third kappa shape index (κ3) is 4.00. The normalized spacial score (nSPS) is 21.4. The van der Waals surface area contributed by atoms with E-state index < -0.39 is 23.8 Å². The van der Waals surface area contributed by atoms with E-state index in [1.807, 2.05) is 31.2 Å². The van der Waals surface area contributed by atoms with Gasteiger partial charge in [0.15, 0.2) is 0 Å². The Balaban J connectivity index is 1.26. The number of aryl methyl sites for hydroxylation is 1. The fraction of sp³-hybridized carbons (Fsp3) is 0.375. The number of aromatic nitrogens is 1. The summed E-state index contributed by atoms with van der Waals surface area (Å²) in [6, 6.07) is 10.4. The third-order valence-corrected chi connectivity index (χ3v) is 6.48. The van der Waals surface area contributed by atoms with Gasteiger partial charge in [0, 0.05) is 44.8 Å². The number of piperidine rings is 1. The van der Waals surface area contributed by atoms with Crippen LogP contribution in [0.25, 0.3) is 0 Å². The smallest absolute Gasteiger partial charge is 0.262 e. The predicted octanol–water partition coefficient (Wildman–Crippen LogP) is 1.11. The van der Waals surface area contributed by atoms with E-state index >= 15 is 0 Å². The van der Waals surface area contributed by atoms with Crippen molar-refractivity contribution in [2.75, 3.05) is 31.1 Å². The maximum absolute atomic E-state index is 13.0. The van der Waals surface area contributed by atoms with E-state index in [-0.39, 0.29) is 18.7 Å². The molecule has 2 fully saturated rings. The number of carbonyl (C=O) groups excluding carboxylic acids is 4. The number of nitrogens with one attached hydrogen (secondary N) is 1. The van der Waals surface area contributed by atoms with Crippen LogP contribution < -0.4 is 10.2 Å². The van der Waals surface area contributed by atoms with Gasteiger partial charge >= 0.3 is 0 Å². The Bertz CT molecular complexity index is 1160. The van der Waals surface area contributed by atoms with E-state index in [4.69, 9.17) is 0 Å². The Morgan fingerprint density at radius 3 is 2.45 bits per heavy atom. The first-order valence-corrected chi connectivity index (χ1v) is 11.2. The lowest BCUT2D eigenvalue weighted by Gasteiger charge is -2.35. The van der Waals surface area contributed by atoms with Crippen LogP contribution in [-0.2, 0) is 16.1 Å². The van der Waals surface area contributed by atoms with Crippen molar-refractivity contribution in [2.45, 2.75) is 32.4 Å². The van der Waals surface area contributed by atoms with Crippen LogP contribution in [0.15, 0.2) is 36.4 Å². The lowest BCUT2D eigenvalue weighted by Crippen LogP contribution is -2.54. The minimum Gasteiger partial charge on any atom is -0.354 e. The van der Waals surface area contributed by atoms with Crippen LogP contribution in [0.4, 0.5) is 5.82 Å². The molecule has 9 nitrogen and oxygen atoms in total. The number of piperazine rings is 1. The second-order valence-corrected chi connectivity index (χ2v) is 8.73. The van der Waals surface area contributed by atoms with E-state index in [2.05, 4.69) is 20.1 Å². The van der Waals surface area contributed by atoms with Crippen molar-refractivity contribution in [3.8, 4) is 0 Å². The van der Waals surface area contributed by atoms with Crippen molar-refractivity contribution < 1.29 is 19.2 Å². The molecule has 4 amide bonds. The highest BCUT2D eigenvalue weighted by Crippen LogP contribution is 2.29. The number of nitrogens with zero attached hydrogens (tertiary/aromatic N) is 4. The molecule has 1 unspecified atom stereocenters. The number of hydrogen-bond donors (Lipinski definition) is 1. The Kier molecular flexibility index (Phi) is 5.41. The molecule has 0 spiro atoms. The van der Waals surface area contributed by atoms with Crippen molar-refractivity contribution in [2.24, 2.45) is 0 Å². The molecule has 0 bridgehead atoms. The Morgan fingerprint density at radius 1 is 0.970 bits per heavy atom. The van der Waals surface area contributed by atoms with Crippen molar-refractivity contribution in [1.29, 1.82) is 0 Å². The number of pyridine rings is 1. The molecule has 0 aliphatic carbocycles. The van der Waals surface area contributed by atoms with E-state index in [1.165, 1.54) is 0 Å². The SMILES string of the molecule is Cc1cccc(N2CCN(Cc3ccc4c(c3)C(=O)N(C3CCC(=O)NC3=O)C4=O)CC2)n1. The Hall–Kier alpha value is -3.59. The highest BCUT2D eigenvalue weighted by Gasteiger charge is 2.44. The van der Waals surface area contributed by atoms with Gasteiger partial charge in [-0.2, -0.15) is 0 Å². The fourth-order valence-electron chi connectivity index (χ4n) is 4.71. The topological polar surface area (TPSA) is 103 Å². The van der Waals surface area contributed by atoms with Crippen LogP contribution in [0.1, 0.15) is 44.8 Å². The van der Waals surface area contributed by atoms with Gasteiger partial charge in [-0.15, -0.1) is 0 Å². The molecule has 5 rings (SSSR count). The second-order valence-electron chi connectivity index (χ2n) is 8.73. The summed E-state index contributed by atoms with van der Waals surface area (Å²) < 4.78 is 0. The number of fused-ring (bicyclic) bond motifs is 1.